The molecule has 1 aromatic rings. The minimum absolute atomic E-state index is 0.182. The summed E-state index contributed by atoms with van der Waals surface area (Å²) >= 11 is 0. The van der Waals surface area contributed by atoms with Gasteiger partial charge >= 0.3 is 12.1 Å². The number of piperazine rings is 1. The Hall–Kier alpha value is -2.84. The summed E-state index contributed by atoms with van der Waals surface area (Å²) in [6.07, 6.45) is -0.185. The molecule has 28 heavy (non-hydrogen) atoms. The summed E-state index contributed by atoms with van der Waals surface area (Å²) in [5.41, 5.74) is 0.265. The van der Waals surface area contributed by atoms with Crippen LogP contribution < -0.4 is 15.1 Å². The second-order valence-electron chi connectivity index (χ2n) is 7.85. The van der Waals surface area contributed by atoms with E-state index in [1.54, 1.807) is 17.0 Å². The number of carbonyl (C=O) groups excluding carboxylic acids is 3. The van der Waals surface area contributed by atoms with Crippen LogP contribution in [-0.4, -0.2) is 61.3 Å². The van der Waals surface area contributed by atoms with E-state index >= 15 is 0 Å². The van der Waals surface area contributed by atoms with Crippen molar-refractivity contribution in [1.29, 1.82) is 0 Å². The minimum atomic E-state index is -0.554. The fourth-order valence-electron chi connectivity index (χ4n) is 3.19. The van der Waals surface area contributed by atoms with Gasteiger partial charge in [-0.05, 0) is 39.0 Å². The lowest BCUT2D eigenvalue weighted by Crippen LogP contribution is -2.50. The Morgan fingerprint density at radius 1 is 1.11 bits per heavy atom. The maximum atomic E-state index is 14.7. The third-order valence-electron chi connectivity index (χ3n) is 4.57. The normalized spacial score (nSPS) is 18.2. The molecule has 9 heteroatoms. The second-order valence-corrected chi connectivity index (χ2v) is 7.85. The number of urea groups is 1. The lowest BCUT2D eigenvalue weighted by molar-refractivity contribution is -0.120. The molecule has 0 atom stereocenters. The Balaban J connectivity index is 1.63. The smallest absolute Gasteiger partial charge is 0.410 e. The van der Waals surface area contributed by atoms with E-state index in [0.717, 1.165) is 0 Å². The molecule has 1 aromatic carbocycles. The van der Waals surface area contributed by atoms with Crippen molar-refractivity contribution >= 4 is 29.4 Å². The molecule has 8 nitrogen and oxygen atoms in total. The molecule has 0 aromatic heterocycles. The van der Waals surface area contributed by atoms with Crippen LogP contribution in [0.5, 0.6) is 0 Å². The molecule has 2 fully saturated rings. The molecule has 1 N–H and O–H groups in total. The Morgan fingerprint density at radius 3 is 2.36 bits per heavy atom. The van der Waals surface area contributed by atoms with Crippen molar-refractivity contribution in [3.8, 4) is 0 Å². The van der Waals surface area contributed by atoms with Crippen molar-refractivity contribution in [3.63, 3.8) is 0 Å². The van der Waals surface area contributed by atoms with Gasteiger partial charge in [-0.2, -0.15) is 0 Å². The zero-order valence-electron chi connectivity index (χ0n) is 16.3. The Kier molecular flexibility index (Phi) is 5.44. The molecule has 4 amide bonds. The van der Waals surface area contributed by atoms with Crippen molar-refractivity contribution in [3.05, 3.63) is 24.0 Å². The summed E-state index contributed by atoms with van der Waals surface area (Å²) in [4.78, 5) is 40.1. The van der Waals surface area contributed by atoms with Crippen molar-refractivity contribution in [2.75, 3.05) is 42.5 Å². The van der Waals surface area contributed by atoms with Crippen molar-refractivity contribution < 1.29 is 23.5 Å². The van der Waals surface area contributed by atoms with Crippen LogP contribution in [0.15, 0.2) is 18.2 Å². The number of amides is 4. The molecule has 0 aliphatic carbocycles. The third-order valence-corrected chi connectivity index (χ3v) is 4.57. The number of nitrogens with one attached hydrogen (secondary N) is 1. The monoisotopic (exact) mass is 392 g/mol. The Morgan fingerprint density at radius 2 is 1.79 bits per heavy atom. The first-order valence-electron chi connectivity index (χ1n) is 9.28. The van der Waals surface area contributed by atoms with E-state index in [1.807, 2.05) is 25.7 Å². The van der Waals surface area contributed by atoms with E-state index < -0.39 is 17.4 Å². The van der Waals surface area contributed by atoms with Crippen molar-refractivity contribution in [1.82, 2.24) is 10.2 Å². The molecule has 152 valence electrons. The fraction of sp³-hybridized carbons (Fsp3) is 0.526. The van der Waals surface area contributed by atoms with Gasteiger partial charge in [0.05, 0.1) is 5.69 Å². The molecule has 2 heterocycles. The van der Waals surface area contributed by atoms with Gasteiger partial charge in [-0.15, -0.1) is 0 Å². The highest BCUT2D eigenvalue weighted by atomic mass is 19.1. The number of nitrogens with zero attached hydrogens (tertiary/aromatic N) is 3. The van der Waals surface area contributed by atoms with Crippen LogP contribution in [0.2, 0.25) is 0 Å². The molecule has 0 bridgehead atoms. The minimum Gasteiger partial charge on any atom is -0.444 e. The van der Waals surface area contributed by atoms with Crippen LogP contribution in [0.3, 0.4) is 0 Å². The fourth-order valence-corrected chi connectivity index (χ4v) is 3.19. The number of ether oxygens (including phenoxy) is 1. The van der Waals surface area contributed by atoms with Crippen LogP contribution in [-0.2, 0) is 9.53 Å². The zero-order chi connectivity index (χ0) is 20.5. The molecule has 3 rings (SSSR count). The summed E-state index contributed by atoms with van der Waals surface area (Å²) in [6.45, 7) is 7.50. The molecular formula is C19H25FN4O4. The molecule has 0 radical (unpaired) electrons. The standard InChI is InChI=1S/C19H25FN4O4/c1-19(2,3)28-18(27)23-10-8-22(9-11-23)15-5-4-13(12-14(15)20)24-7-6-16(25)21-17(24)26/h4-5,12H,6-11H2,1-3H3,(H,21,25,26). The van der Waals surface area contributed by atoms with Gasteiger partial charge in [-0.3, -0.25) is 15.0 Å². The van der Waals surface area contributed by atoms with Crippen LogP contribution >= 0.6 is 0 Å². The van der Waals surface area contributed by atoms with Gasteiger partial charge in [0.25, 0.3) is 0 Å². The number of benzene rings is 1. The highest BCUT2D eigenvalue weighted by Gasteiger charge is 2.28. The van der Waals surface area contributed by atoms with Crippen LogP contribution in [0.4, 0.5) is 25.4 Å². The SMILES string of the molecule is CC(C)(C)OC(=O)N1CCN(c2ccc(N3CCC(=O)NC3=O)cc2F)CC1. The number of hydrogen-bond acceptors (Lipinski definition) is 5. The Bertz CT molecular complexity index is 785. The number of imide groups is 1. The summed E-state index contributed by atoms with van der Waals surface area (Å²) < 4.78 is 20.1. The van der Waals surface area contributed by atoms with E-state index in [-0.39, 0.29) is 25.0 Å². The maximum absolute atomic E-state index is 14.7. The van der Waals surface area contributed by atoms with E-state index in [2.05, 4.69) is 5.32 Å². The first-order chi connectivity index (χ1) is 13.1. The van der Waals surface area contributed by atoms with E-state index in [0.29, 0.717) is 37.6 Å². The largest absolute Gasteiger partial charge is 0.444 e. The van der Waals surface area contributed by atoms with Gasteiger partial charge < -0.3 is 14.5 Å². The van der Waals surface area contributed by atoms with Gasteiger partial charge in [0.1, 0.15) is 11.4 Å². The first kappa shape index (κ1) is 19.9. The summed E-state index contributed by atoms with van der Waals surface area (Å²) in [6, 6.07) is 4.03. The molecule has 2 aliphatic rings. The van der Waals surface area contributed by atoms with Gasteiger partial charge in [-0.1, -0.05) is 0 Å². The highest BCUT2D eigenvalue weighted by molar-refractivity contribution is 6.05. The molecule has 0 saturated carbocycles. The topological polar surface area (TPSA) is 82.2 Å². The van der Waals surface area contributed by atoms with Gasteiger partial charge in [0.2, 0.25) is 5.91 Å². The van der Waals surface area contributed by atoms with Crippen molar-refractivity contribution in [2.45, 2.75) is 32.8 Å². The average molecular weight is 392 g/mol. The number of anilines is 2. The summed E-state index contributed by atoms with van der Waals surface area (Å²) in [5, 5.41) is 2.22. The zero-order valence-corrected chi connectivity index (χ0v) is 16.3. The Labute approximate surface area is 163 Å². The van der Waals surface area contributed by atoms with Gasteiger partial charge in [-0.25, -0.2) is 14.0 Å². The number of rotatable bonds is 2. The molecule has 2 saturated heterocycles. The van der Waals surface area contributed by atoms with E-state index in [1.165, 1.54) is 11.0 Å². The number of hydrogen-bond donors (Lipinski definition) is 1. The number of carbonyl (C=O) groups is 3. The van der Waals surface area contributed by atoms with Crippen LogP contribution in [0, 0.1) is 5.82 Å². The molecule has 0 unspecified atom stereocenters. The third kappa shape index (κ3) is 4.52. The second kappa shape index (κ2) is 7.65. The predicted molar refractivity (Wildman–Crippen MR) is 102 cm³/mol. The van der Waals surface area contributed by atoms with Crippen molar-refractivity contribution in [2.24, 2.45) is 0 Å². The molecule has 0 spiro atoms. The average Bonchev–Trinajstić information content (AvgIpc) is 2.60. The summed E-state index contributed by atoms with van der Waals surface area (Å²) in [5.74, 6) is -0.783. The van der Waals surface area contributed by atoms with E-state index in [9.17, 15) is 18.8 Å². The van der Waals surface area contributed by atoms with Gasteiger partial charge in [0.15, 0.2) is 0 Å². The quantitative estimate of drug-likeness (QED) is 0.835. The van der Waals surface area contributed by atoms with Crippen LogP contribution in [0.1, 0.15) is 27.2 Å². The first-order valence-corrected chi connectivity index (χ1v) is 9.28. The number of halogens is 1. The predicted octanol–water partition coefficient (Wildman–Crippen LogP) is 2.33. The van der Waals surface area contributed by atoms with Gasteiger partial charge in [0, 0.05) is 44.8 Å². The lowest BCUT2D eigenvalue weighted by atomic mass is 10.2. The van der Waals surface area contributed by atoms with E-state index in [4.69, 9.17) is 4.74 Å². The van der Waals surface area contributed by atoms with Crippen LogP contribution in [0.25, 0.3) is 0 Å². The highest BCUT2D eigenvalue weighted by Crippen LogP contribution is 2.27. The summed E-state index contributed by atoms with van der Waals surface area (Å²) in [7, 11) is 0. The molecule has 2 aliphatic heterocycles. The molecular weight excluding hydrogens is 367 g/mol. The maximum Gasteiger partial charge on any atom is 0.410 e. The lowest BCUT2D eigenvalue weighted by Gasteiger charge is -2.37.